The average molecular weight is 371 g/mol. The van der Waals surface area contributed by atoms with Crippen molar-refractivity contribution >= 4 is 22.3 Å². The molecule has 0 spiro atoms. The van der Waals surface area contributed by atoms with E-state index in [9.17, 15) is 0 Å². The van der Waals surface area contributed by atoms with Crippen molar-refractivity contribution in [2.45, 2.75) is 6.92 Å². The summed E-state index contributed by atoms with van der Waals surface area (Å²) >= 11 is 0. The number of rotatable bonds is 5. The van der Waals surface area contributed by atoms with E-state index in [2.05, 4.69) is 40.6 Å². The largest absolute Gasteiger partial charge is 0.497 e. The van der Waals surface area contributed by atoms with E-state index >= 15 is 0 Å². The fraction of sp³-hybridized carbons (Fsp3) is 0.130. The molecule has 5 heteroatoms. The van der Waals surface area contributed by atoms with Gasteiger partial charge in [0, 0.05) is 22.4 Å². The van der Waals surface area contributed by atoms with Crippen LogP contribution in [0.3, 0.4) is 0 Å². The Balaban J connectivity index is 1.86. The quantitative estimate of drug-likeness (QED) is 0.511. The zero-order valence-electron chi connectivity index (χ0n) is 16.1. The minimum absolute atomic E-state index is 0.668. The second-order valence-corrected chi connectivity index (χ2v) is 6.50. The number of aromatic nitrogens is 2. The Labute approximate surface area is 164 Å². The number of ether oxygens (including phenoxy) is 2. The van der Waals surface area contributed by atoms with Crippen molar-refractivity contribution in [3.05, 3.63) is 72.3 Å². The van der Waals surface area contributed by atoms with Crippen LogP contribution < -0.4 is 14.8 Å². The molecule has 0 aliphatic carbocycles. The highest BCUT2D eigenvalue weighted by Gasteiger charge is 2.13. The van der Waals surface area contributed by atoms with Gasteiger partial charge in [0.1, 0.15) is 17.2 Å². The van der Waals surface area contributed by atoms with Crippen molar-refractivity contribution in [1.82, 2.24) is 10.2 Å². The molecule has 28 heavy (non-hydrogen) atoms. The monoisotopic (exact) mass is 371 g/mol. The summed E-state index contributed by atoms with van der Waals surface area (Å²) in [6, 6.07) is 22.0. The van der Waals surface area contributed by atoms with Crippen LogP contribution >= 0.6 is 0 Å². The van der Waals surface area contributed by atoms with Gasteiger partial charge >= 0.3 is 0 Å². The summed E-state index contributed by atoms with van der Waals surface area (Å²) in [6.45, 7) is 2.08. The Morgan fingerprint density at radius 1 is 0.786 bits per heavy atom. The first kappa shape index (κ1) is 17.8. The van der Waals surface area contributed by atoms with Gasteiger partial charge in [-0.15, -0.1) is 10.2 Å². The van der Waals surface area contributed by atoms with Crippen molar-refractivity contribution < 1.29 is 9.47 Å². The molecule has 140 valence electrons. The molecule has 1 aromatic heterocycles. The molecule has 4 rings (SSSR count). The maximum Gasteiger partial charge on any atom is 0.161 e. The fourth-order valence-corrected chi connectivity index (χ4v) is 3.21. The van der Waals surface area contributed by atoms with Gasteiger partial charge in [-0.2, -0.15) is 0 Å². The first-order valence-electron chi connectivity index (χ1n) is 9.01. The van der Waals surface area contributed by atoms with Crippen LogP contribution in [0.5, 0.6) is 11.5 Å². The lowest BCUT2D eigenvalue weighted by molar-refractivity contribution is 0.405. The molecule has 0 atom stereocenters. The molecule has 4 aromatic rings. The third-order valence-electron chi connectivity index (χ3n) is 4.64. The molecule has 0 bridgehead atoms. The summed E-state index contributed by atoms with van der Waals surface area (Å²) in [7, 11) is 3.27. The van der Waals surface area contributed by atoms with E-state index in [1.165, 1.54) is 5.56 Å². The van der Waals surface area contributed by atoms with Crippen LogP contribution in [-0.4, -0.2) is 24.4 Å². The summed E-state index contributed by atoms with van der Waals surface area (Å²) in [5.74, 6) is 2.11. The predicted octanol–water partition coefficient (Wildman–Crippen LogP) is 5.37. The molecular formula is C23H21N3O2. The molecule has 5 nitrogen and oxygen atoms in total. The van der Waals surface area contributed by atoms with Gasteiger partial charge < -0.3 is 14.8 Å². The maximum absolute atomic E-state index is 5.48. The van der Waals surface area contributed by atoms with E-state index in [0.717, 1.165) is 33.5 Å². The highest BCUT2D eigenvalue weighted by molar-refractivity contribution is 6.01. The number of hydrogen-bond acceptors (Lipinski definition) is 5. The number of anilines is 2. The van der Waals surface area contributed by atoms with Gasteiger partial charge in [-0.25, -0.2) is 0 Å². The Kier molecular flexibility index (Phi) is 4.81. The van der Waals surface area contributed by atoms with Gasteiger partial charge in [0.15, 0.2) is 5.82 Å². The summed E-state index contributed by atoms with van der Waals surface area (Å²) in [4.78, 5) is 0. The van der Waals surface area contributed by atoms with Crippen LogP contribution in [0.4, 0.5) is 11.5 Å². The number of nitrogens with zero attached hydrogens (tertiary/aromatic N) is 2. The number of fused-ring (bicyclic) bond motifs is 1. The van der Waals surface area contributed by atoms with Crippen molar-refractivity contribution in [1.29, 1.82) is 0 Å². The van der Waals surface area contributed by atoms with Gasteiger partial charge in [0.25, 0.3) is 0 Å². The van der Waals surface area contributed by atoms with Gasteiger partial charge in [-0.1, -0.05) is 48.0 Å². The van der Waals surface area contributed by atoms with E-state index in [1.807, 2.05) is 48.5 Å². The molecule has 0 saturated carbocycles. The zero-order valence-corrected chi connectivity index (χ0v) is 16.1. The molecule has 3 aromatic carbocycles. The Bertz CT molecular complexity index is 1130. The topological polar surface area (TPSA) is 56.3 Å². The van der Waals surface area contributed by atoms with Crippen LogP contribution in [0.1, 0.15) is 5.56 Å². The maximum atomic E-state index is 5.48. The molecule has 0 saturated heterocycles. The molecule has 1 N–H and O–H groups in total. The SMILES string of the molecule is COc1ccc(OC)c(Nc2nnc(-c3ccccc3)c3cc(C)ccc23)c1. The lowest BCUT2D eigenvalue weighted by atomic mass is 10.0. The third-order valence-corrected chi connectivity index (χ3v) is 4.64. The van der Waals surface area contributed by atoms with Gasteiger partial charge in [0.05, 0.1) is 19.9 Å². The molecule has 0 aliphatic rings. The Morgan fingerprint density at radius 3 is 2.36 bits per heavy atom. The molecular weight excluding hydrogens is 350 g/mol. The van der Waals surface area contributed by atoms with Crippen molar-refractivity contribution in [2.75, 3.05) is 19.5 Å². The summed E-state index contributed by atoms with van der Waals surface area (Å²) in [5, 5.41) is 14.4. The van der Waals surface area contributed by atoms with Gasteiger partial charge in [-0.05, 0) is 25.1 Å². The van der Waals surface area contributed by atoms with E-state index in [1.54, 1.807) is 14.2 Å². The summed E-state index contributed by atoms with van der Waals surface area (Å²) in [6.07, 6.45) is 0. The van der Waals surface area contributed by atoms with E-state index in [0.29, 0.717) is 11.6 Å². The number of hydrogen-bond donors (Lipinski definition) is 1. The first-order valence-corrected chi connectivity index (χ1v) is 9.01. The zero-order chi connectivity index (χ0) is 19.5. The minimum Gasteiger partial charge on any atom is -0.497 e. The van der Waals surface area contributed by atoms with Gasteiger partial charge in [-0.3, -0.25) is 0 Å². The van der Waals surface area contributed by atoms with Crippen molar-refractivity contribution in [2.24, 2.45) is 0 Å². The predicted molar refractivity (Wildman–Crippen MR) is 113 cm³/mol. The van der Waals surface area contributed by atoms with E-state index < -0.39 is 0 Å². The summed E-state index contributed by atoms with van der Waals surface area (Å²) in [5.41, 5.74) is 3.84. The van der Waals surface area contributed by atoms with Gasteiger partial charge in [0.2, 0.25) is 0 Å². The lowest BCUT2D eigenvalue weighted by Gasteiger charge is -2.15. The molecule has 0 radical (unpaired) electrons. The van der Waals surface area contributed by atoms with E-state index in [4.69, 9.17) is 9.47 Å². The fourth-order valence-electron chi connectivity index (χ4n) is 3.21. The van der Waals surface area contributed by atoms with E-state index in [-0.39, 0.29) is 0 Å². The molecule has 0 amide bonds. The number of nitrogens with one attached hydrogen (secondary N) is 1. The molecule has 1 heterocycles. The summed E-state index contributed by atoms with van der Waals surface area (Å²) < 4.78 is 10.8. The van der Waals surface area contributed by atoms with Crippen molar-refractivity contribution in [3.63, 3.8) is 0 Å². The normalized spacial score (nSPS) is 10.7. The highest BCUT2D eigenvalue weighted by atomic mass is 16.5. The number of methoxy groups -OCH3 is 2. The standard InChI is InChI=1S/C23H21N3O2/c1-15-9-11-18-19(13-15)22(16-7-5-4-6-8-16)25-26-23(18)24-20-14-17(27-2)10-12-21(20)28-3/h4-14H,1-3H3,(H,24,26). The number of aryl methyl sites for hydroxylation is 1. The number of benzene rings is 3. The molecule has 0 aliphatic heterocycles. The Morgan fingerprint density at radius 2 is 1.61 bits per heavy atom. The molecule has 0 unspecified atom stereocenters. The van der Waals surface area contributed by atoms with Crippen LogP contribution in [0.15, 0.2) is 66.7 Å². The second kappa shape index (κ2) is 7.56. The first-order chi connectivity index (χ1) is 13.7. The average Bonchev–Trinajstić information content (AvgIpc) is 2.74. The molecule has 0 fully saturated rings. The lowest BCUT2D eigenvalue weighted by Crippen LogP contribution is -2.01. The van der Waals surface area contributed by atoms with Crippen LogP contribution in [-0.2, 0) is 0 Å². The highest BCUT2D eigenvalue weighted by Crippen LogP contribution is 2.35. The van der Waals surface area contributed by atoms with Crippen molar-refractivity contribution in [3.8, 4) is 22.8 Å². The second-order valence-electron chi connectivity index (χ2n) is 6.50. The smallest absolute Gasteiger partial charge is 0.161 e. The van der Waals surface area contributed by atoms with Crippen LogP contribution in [0.25, 0.3) is 22.0 Å². The minimum atomic E-state index is 0.668. The third kappa shape index (κ3) is 3.34. The Hall–Kier alpha value is -3.60. The van der Waals surface area contributed by atoms with Crippen LogP contribution in [0, 0.1) is 6.92 Å². The van der Waals surface area contributed by atoms with Crippen LogP contribution in [0.2, 0.25) is 0 Å².